The van der Waals surface area contributed by atoms with Crippen LogP contribution in [0.2, 0.25) is 10.0 Å². The van der Waals surface area contributed by atoms with Gasteiger partial charge in [-0.1, -0.05) is 47.3 Å². The number of halogens is 2. The second-order valence-electron chi connectivity index (χ2n) is 8.48. The predicted octanol–water partition coefficient (Wildman–Crippen LogP) is 4.39. The van der Waals surface area contributed by atoms with Crippen molar-refractivity contribution in [1.82, 2.24) is 5.32 Å². The molecule has 1 amide bonds. The lowest BCUT2D eigenvalue weighted by atomic mass is 10.0. The third-order valence-corrected chi connectivity index (χ3v) is 9.22. The van der Waals surface area contributed by atoms with Gasteiger partial charge in [0.2, 0.25) is 0 Å². The molecule has 3 aromatic rings. The largest absolute Gasteiger partial charge is 0.497 e. The van der Waals surface area contributed by atoms with Crippen molar-refractivity contribution in [3.05, 3.63) is 87.4 Å². The third-order valence-electron chi connectivity index (χ3n) is 5.64. The van der Waals surface area contributed by atoms with E-state index in [0.717, 1.165) is 6.26 Å². The molecule has 0 spiro atoms. The third kappa shape index (κ3) is 7.66. The van der Waals surface area contributed by atoms with Gasteiger partial charge in [0.1, 0.15) is 11.8 Å². The summed E-state index contributed by atoms with van der Waals surface area (Å²) < 4.78 is 47.4. The van der Waals surface area contributed by atoms with Gasteiger partial charge in [-0.15, -0.1) is 0 Å². The first kappa shape index (κ1) is 31.2. The SMILES string of the molecule is COc1cccc(P(=O)(C#Cc2cc(Cl)c(C(=O)N[C@@H](Cc3cccc(S(C)(=O)=O)c3)C(=O)O)c(Cl)c2)OC)c1. The maximum absolute atomic E-state index is 13.3. The highest BCUT2D eigenvalue weighted by Crippen LogP contribution is 2.44. The van der Waals surface area contributed by atoms with Crippen molar-refractivity contribution in [1.29, 1.82) is 0 Å². The number of aliphatic carboxylic acids is 1. The summed E-state index contributed by atoms with van der Waals surface area (Å²) in [5.74, 6) is 0.972. The van der Waals surface area contributed by atoms with Crippen molar-refractivity contribution in [2.24, 2.45) is 0 Å². The lowest BCUT2D eigenvalue weighted by molar-refractivity contribution is -0.139. The molecule has 0 aliphatic heterocycles. The predicted molar refractivity (Wildman–Crippen MR) is 153 cm³/mol. The number of carbonyl (C=O) groups is 2. The number of carbonyl (C=O) groups excluding carboxylic acids is 1. The summed E-state index contributed by atoms with van der Waals surface area (Å²) in [6.07, 6.45) is 0.841. The van der Waals surface area contributed by atoms with Crippen LogP contribution in [0.1, 0.15) is 21.5 Å². The summed E-state index contributed by atoms with van der Waals surface area (Å²) >= 11 is 12.6. The monoisotopic (exact) mass is 623 g/mol. The highest BCUT2D eigenvalue weighted by atomic mass is 35.5. The molecule has 0 aliphatic rings. The Hall–Kier alpha value is -3.32. The van der Waals surface area contributed by atoms with Crippen molar-refractivity contribution >= 4 is 57.6 Å². The average Bonchev–Trinajstić information content (AvgIpc) is 2.90. The van der Waals surface area contributed by atoms with Gasteiger partial charge < -0.3 is 19.7 Å². The van der Waals surface area contributed by atoms with Gasteiger partial charge in [-0.25, -0.2) is 13.2 Å². The van der Waals surface area contributed by atoms with Gasteiger partial charge in [-0.2, -0.15) is 0 Å². The van der Waals surface area contributed by atoms with Gasteiger partial charge >= 0.3 is 13.3 Å². The number of benzene rings is 3. The number of carboxylic acids is 1. The molecule has 0 saturated carbocycles. The minimum atomic E-state index is -3.61. The fraction of sp³-hybridized carbons (Fsp3) is 0.185. The zero-order chi connectivity index (χ0) is 29.7. The second-order valence-corrected chi connectivity index (χ2v) is 13.5. The lowest BCUT2D eigenvalue weighted by Crippen LogP contribution is -2.42. The van der Waals surface area contributed by atoms with Gasteiger partial charge in [0, 0.05) is 25.3 Å². The summed E-state index contributed by atoms with van der Waals surface area (Å²) in [6, 6.07) is 13.5. The highest BCUT2D eigenvalue weighted by Gasteiger charge is 2.25. The van der Waals surface area contributed by atoms with E-state index in [0.29, 0.717) is 16.6 Å². The van der Waals surface area contributed by atoms with Crippen LogP contribution in [0.3, 0.4) is 0 Å². The topological polar surface area (TPSA) is 136 Å². The van der Waals surface area contributed by atoms with Crippen LogP contribution in [0, 0.1) is 11.6 Å². The Kier molecular flexibility index (Phi) is 10.1. The Morgan fingerprint density at radius 3 is 2.27 bits per heavy atom. The van der Waals surface area contributed by atoms with Crippen LogP contribution < -0.4 is 15.4 Å². The molecule has 13 heteroatoms. The van der Waals surface area contributed by atoms with Crippen molar-refractivity contribution < 1.29 is 36.9 Å². The lowest BCUT2D eigenvalue weighted by Gasteiger charge is -2.16. The minimum Gasteiger partial charge on any atom is -0.497 e. The van der Waals surface area contributed by atoms with Gasteiger partial charge in [-0.3, -0.25) is 9.36 Å². The number of nitrogens with one attached hydrogen (secondary N) is 1. The number of amides is 1. The van der Waals surface area contributed by atoms with Crippen molar-refractivity contribution in [2.45, 2.75) is 17.4 Å². The Morgan fingerprint density at radius 1 is 1.05 bits per heavy atom. The number of rotatable bonds is 9. The van der Waals surface area contributed by atoms with Crippen LogP contribution in [0.5, 0.6) is 5.75 Å². The summed E-state index contributed by atoms with van der Waals surface area (Å²) in [5, 5.41) is 12.1. The van der Waals surface area contributed by atoms with Crippen LogP contribution in [0.15, 0.2) is 65.6 Å². The molecule has 0 saturated heterocycles. The molecular formula is C27H24Cl2NO8PS. The molecule has 2 atom stereocenters. The Morgan fingerprint density at radius 2 is 1.70 bits per heavy atom. The van der Waals surface area contributed by atoms with Crippen LogP contribution in [-0.4, -0.2) is 51.9 Å². The molecule has 0 aliphatic carbocycles. The van der Waals surface area contributed by atoms with Gasteiger partial charge in [0.25, 0.3) is 5.91 Å². The molecule has 0 aromatic heterocycles. The van der Waals surface area contributed by atoms with Crippen LogP contribution in [0.25, 0.3) is 0 Å². The van der Waals surface area contributed by atoms with Crippen LogP contribution >= 0.6 is 30.6 Å². The van der Waals surface area contributed by atoms with Crippen LogP contribution in [-0.2, 0) is 30.1 Å². The molecule has 0 heterocycles. The summed E-state index contributed by atoms with van der Waals surface area (Å²) in [7, 11) is -4.38. The van der Waals surface area contributed by atoms with E-state index in [4.69, 9.17) is 32.5 Å². The molecule has 9 nitrogen and oxygen atoms in total. The minimum absolute atomic E-state index is 0.0210. The maximum atomic E-state index is 13.3. The molecule has 0 bridgehead atoms. The quantitative estimate of drug-likeness (QED) is 0.265. The number of hydrogen-bond acceptors (Lipinski definition) is 7. The van der Waals surface area contributed by atoms with E-state index in [2.05, 4.69) is 16.9 Å². The molecule has 2 N–H and O–H groups in total. The molecule has 40 heavy (non-hydrogen) atoms. The zero-order valence-corrected chi connectivity index (χ0v) is 24.7. The van der Waals surface area contributed by atoms with E-state index >= 15 is 0 Å². The number of methoxy groups -OCH3 is 1. The zero-order valence-electron chi connectivity index (χ0n) is 21.5. The van der Waals surface area contributed by atoms with E-state index in [-0.39, 0.29) is 32.5 Å². The number of carboxylic acid groups (broad SMARTS) is 1. The average molecular weight is 624 g/mol. The Labute approximate surface area is 241 Å². The number of hydrogen-bond donors (Lipinski definition) is 2. The Bertz CT molecular complexity index is 1660. The van der Waals surface area contributed by atoms with Crippen LogP contribution in [0.4, 0.5) is 0 Å². The molecule has 3 rings (SSSR count). The summed E-state index contributed by atoms with van der Waals surface area (Å²) in [4.78, 5) is 24.9. The van der Waals surface area contributed by atoms with E-state index in [1.807, 2.05) is 0 Å². The Balaban J connectivity index is 1.86. The highest BCUT2D eigenvalue weighted by molar-refractivity contribution is 7.90. The van der Waals surface area contributed by atoms with Crippen molar-refractivity contribution in [3.8, 4) is 17.3 Å². The van der Waals surface area contributed by atoms with E-state index in [9.17, 15) is 27.7 Å². The molecular weight excluding hydrogens is 600 g/mol. The second kappa shape index (κ2) is 12.9. The first-order valence-corrected chi connectivity index (χ1v) is 15.7. The smallest absolute Gasteiger partial charge is 0.326 e. The molecule has 0 fully saturated rings. The van der Waals surface area contributed by atoms with Gasteiger partial charge in [0.15, 0.2) is 9.84 Å². The number of sulfone groups is 1. The normalized spacial score (nSPS) is 13.3. The first-order chi connectivity index (χ1) is 18.8. The molecule has 0 radical (unpaired) electrons. The van der Waals surface area contributed by atoms with Gasteiger partial charge in [-0.05, 0) is 53.7 Å². The number of ether oxygens (including phenoxy) is 1. The summed E-state index contributed by atoms with van der Waals surface area (Å²) in [6.45, 7) is 0. The summed E-state index contributed by atoms with van der Waals surface area (Å²) in [5.41, 5.74) is 3.05. The fourth-order valence-electron chi connectivity index (χ4n) is 3.58. The van der Waals surface area contributed by atoms with E-state index < -0.39 is 35.1 Å². The molecule has 1 unspecified atom stereocenters. The fourth-order valence-corrected chi connectivity index (χ4v) is 6.22. The van der Waals surface area contributed by atoms with E-state index in [1.165, 1.54) is 44.6 Å². The van der Waals surface area contributed by atoms with Crippen molar-refractivity contribution in [2.75, 3.05) is 20.5 Å². The standard InChI is InChI=1S/C27H24Cl2NO8PS/c1-37-19-7-5-8-20(16-19)39(34,38-2)11-10-18-13-22(28)25(23(29)14-18)26(31)30-24(27(32)33)15-17-6-4-9-21(12-17)40(3,35)36/h4-9,12-14,16,24H,15H2,1-3H3,(H,30,31)(H,32,33)/t24-,39?/m0/s1. The van der Waals surface area contributed by atoms with Crippen molar-refractivity contribution in [3.63, 3.8) is 0 Å². The first-order valence-electron chi connectivity index (χ1n) is 11.4. The van der Waals surface area contributed by atoms with E-state index in [1.54, 1.807) is 30.3 Å². The maximum Gasteiger partial charge on any atom is 0.326 e. The molecule has 3 aromatic carbocycles. The molecule has 210 valence electrons. The van der Waals surface area contributed by atoms with Gasteiger partial charge in [0.05, 0.1) is 32.9 Å².